The Balaban J connectivity index is 2.04. The van der Waals surface area contributed by atoms with Gasteiger partial charge in [-0.3, -0.25) is 15.4 Å². The van der Waals surface area contributed by atoms with E-state index < -0.39 is 17.0 Å². The molecule has 0 radical (unpaired) electrons. The van der Waals surface area contributed by atoms with Crippen LogP contribution < -0.4 is 10.1 Å². The smallest absolute Gasteiger partial charge is 0.416 e. The van der Waals surface area contributed by atoms with Crippen molar-refractivity contribution < 1.29 is 24.0 Å². The van der Waals surface area contributed by atoms with E-state index in [1.165, 1.54) is 24.3 Å². The molecule has 0 aromatic heterocycles. The molecular weight excluding hydrogens is 316 g/mol. The predicted molar refractivity (Wildman–Crippen MR) is 84.4 cm³/mol. The van der Waals surface area contributed by atoms with Crippen molar-refractivity contribution in [2.45, 2.75) is 32.6 Å². The monoisotopic (exact) mass is 334 g/mol. The van der Waals surface area contributed by atoms with E-state index in [1.54, 1.807) is 6.92 Å². The maximum Gasteiger partial charge on any atom is 0.416 e. The van der Waals surface area contributed by atoms with Gasteiger partial charge in [-0.1, -0.05) is 0 Å². The number of esters is 1. The third kappa shape index (κ3) is 4.55. The van der Waals surface area contributed by atoms with Gasteiger partial charge in [0.25, 0.3) is 5.69 Å². The van der Waals surface area contributed by atoms with Gasteiger partial charge in [-0.2, -0.15) is 0 Å². The summed E-state index contributed by atoms with van der Waals surface area (Å²) in [5.74, 6) is -0.255. The maximum absolute atomic E-state index is 12.0. The molecular formula is C16H18N2O6. The molecule has 0 aliphatic heterocycles. The van der Waals surface area contributed by atoms with Gasteiger partial charge >= 0.3 is 12.1 Å². The molecule has 0 heterocycles. The highest BCUT2D eigenvalue weighted by atomic mass is 16.6. The summed E-state index contributed by atoms with van der Waals surface area (Å²) >= 11 is 0. The SMILES string of the molecule is CCOC(=O)C1=C(NC(=O)Oc2ccc([N+](=O)[O-])cc2)CCCC1. The molecule has 1 N–H and O–H groups in total. The number of ether oxygens (including phenoxy) is 2. The second-order valence-electron chi connectivity index (χ2n) is 5.15. The Kier molecular flexibility index (Phi) is 5.89. The topological polar surface area (TPSA) is 108 Å². The van der Waals surface area contributed by atoms with Gasteiger partial charge in [0.2, 0.25) is 0 Å². The van der Waals surface area contributed by atoms with Gasteiger partial charge < -0.3 is 9.47 Å². The number of nitro groups is 1. The Morgan fingerprint density at radius 1 is 1.21 bits per heavy atom. The van der Waals surface area contributed by atoms with Crippen LogP contribution in [0.1, 0.15) is 32.6 Å². The molecule has 1 aromatic carbocycles. The molecule has 1 aliphatic carbocycles. The largest absolute Gasteiger partial charge is 0.463 e. The Morgan fingerprint density at radius 3 is 2.50 bits per heavy atom. The number of non-ortho nitro benzene ring substituents is 1. The average Bonchev–Trinajstić information content (AvgIpc) is 2.56. The fourth-order valence-corrected chi connectivity index (χ4v) is 2.38. The van der Waals surface area contributed by atoms with Crippen LogP contribution in [-0.4, -0.2) is 23.6 Å². The molecule has 0 fully saturated rings. The van der Waals surface area contributed by atoms with Crippen molar-refractivity contribution in [2.75, 3.05) is 6.61 Å². The molecule has 0 saturated heterocycles. The number of hydrogen-bond donors (Lipinski definition) is 1. The molecule has 0 atom stereocenters. The van der Waals surface area contributed by atoms with E-state index >= 15 is 0 Å². The highest BCUT2D eigenvalue weighted by Gasteiger charge is 2.22. The third-order valence-corrected chi connectivity index (χ3v) is 3.50. The van der Waals surface area contributed by atoms with E-state index in [4.69, 9.17) is 9.47 Å². The van der Waals surface area contributed by atoms with Gasteiger partial charge in [0.15, 0.2) is 0 Å². The van der Waals surface area contributed by atoms with Crippen LogP contribution in [0.25, 0.3) is 0 Å². The Labute approximate surface area is 138 Å². The van der Waals surface area contributed by atoms with E-state index in [0.717, 1.165) is 12.8 Å². The van der Waals surface area contributed by atoms with Crippen LogP contribution in [0.2, 0.25) is 0 Å². The molecule has 24 heavy (non-hydrogen) atoms. The quantitative estimate of drug-likeness (QED) is 0.503. The van der Waals surface area contributed by atoms with Gasteiger partial charge in [-0.15, -0.1) is 0 Å². The molecule has 1 aromatic rings. The van der Waals surface area contributed by atoms with Crippen molar-refractivity contribution >= 4 is 17.7 Å². The first-order valence-corrected chi connectivity index (χ1v) is 7.63. The van der Waals surface area contributed by atoms with Crippen LogP contribution in [0.5, 0.6) is 5.75 Å². The number of carbonyl (C=O) groups is 2. The van der Waals surface area contributed by atoms with Gasteiger partial charge in [0, 0.05) is 17.8 Å². The minimum Gasteiger partial charge on any atom is -0.463 e. The zero-order valence-electron chi connectivity index (χ0n) is 13.2. The number of nitrogens with zero attached hydrogens (tertiary/aromatic N) is 1. The second kappa shape index (κ2) is 8.09. The minimum absolute atomic E-state index is 0.0951. The van der Waals surface area contributed by atoms with Crippen molar-refractivity contribution in [1.29, 1.82) is 0 Å². The molecule has 0 unspecified atom stereocenters. The molecule has 2 rings (SSSR count). The molecule has 0 bridgehead atoms. The van der Waals surface area contributed by atoms with Crippen molar-refractivity contribution in [3.63, 3.8) is 0 Å². The summed E-state index contributed by atoms with van der Waals surface area (Å²) in [5, 5.41) is 13.2. The number of rotatable bonds is 5. The minimum atomic E-state index is -0.748. The van der Waals surface area contributed by atoms with Crippen molar-refractivity contribution in [1.82, 2.24) is 5.32 Å². The maximum atomic E-state index is 12.0. The fraction of sp³-hybridized carbons (Fsp3) is 0.375. The lowest BCUT2D eigenvalue weighted by molar-refractivity contribution is -0.384. The predicted octanol–water partition coefficient (Wildman–Crippen LogP) is 3.07. The lowest BCUT2D eigenvalue weighted by atomic mass is 9.96. The number of benzene rings is 1. The number of nitrogens with one attached hydrogen (secondary N) is 1. The zero-order chi connectivity index (χ0) is 17.5. The third-order valence-electron chi connectivity index (χ3n) is 3.50. The van der Waals surface area contributed by atoms with E-state index in [1.807, 2.05) is 0 Å². The highest BCUT2D eigenvalue weighted by Crippen LogP contribution is 2.24. The van der Waals surface area contributed by atoms with Gasteiger partial charge in [0.05, 0.1) is 17.1 Å². The van der Waals surface area contributed by atoms with E-state index in [-0.39, 0.29) is 18.0 Å². The molecule has 1 amide bonds. The molecule has 0 spiro atoms. The number of nitro benzene ring substituents is 1. The summed E-state index contributed by atoms with van der Waals surface area (Å²) < 4.78 is 10.1. The molecule has 1 aliphatic rings. The fourth-order valence-electron chi connectivity index (χ4n) is 2.38. The Morgan fingerprint density at radius 2 is 1.88 bits per heavy atom. The van der Waals surface area contributed by atoms with E-state index in [9.17, 15) is 19.7 Å². The normalized spacial score (nSPS) is 14.0. The van der Waals surface area contributed by atoms with E-state index in [2.05, 4.69) is 5.32 Å². The first kappa shape index (κ1) is 17.5. The Bertz CT molecular complexity index is 666. The zero-order valence-corrected chi connectivity index (χ0v) is 13.2. The van der Waals surface area contributed by atoms with Crippen molar-refractivity contribution in [3.8, 4) is 5.75 Å². The lowest BCUT2D eigenvalue weighted by Crippen LogP contribution is -2.30. The highest BCUT2D eigenvalue weighted by molar-refractivity contribution is 5.90. The number of hydrogen-bond acceptors (Lipinski definition) is 6. The molecule has 8 nitrogen and oxygen atoms in total. The van der Waals surface area contributed by atoms with Crippen molar-refractivity contribution in [2.24, 2.45) is 0 Å². The first-order valence-electron chi connectivity index (χ1n) is 7.63. The molecule has 128 valence electrons. The average molecular weight is 334 g/mol. The number of carbonyl (C=O) groups excluding carboxylic acids is 2. The number of amides is 1. The van der Waals surface area contributed by atoms with Crippen LogP contribution in [0.15, 0.2) is 35.5 Å². The summed E-state index contributed by atoms with van der Waals surface area (Å²) in [5.41, 5.74) is 0.873. The summed E-state index contributed by atoms with van der Waals surface area (Å²) in [4.78, 5) is 33.9. The number of allylic oxidation sites excluding steroid dienone is 1. The summed E-state index contributed by atoms with van der Waals surface area (Å²) in [6.45, 7) is 1.99. The second-order valence-corrected chi connectivity index (χ2v) is 5.15. The van der Waals surface area contributed by atoms with Gasteiger partial charge in [-0.05, 0) is 44.7 Å². The summed E-state index contributed by atoms with van der Waals surface area (Å²) in [7, 11) is 0. The summed E-state index contributed by atoms with van der Waals surface area (Å²) in [6.07, 6.45) is 2.07. The van der Waals surface area contributed by atoms with Crippen LogP contribution >= 0.6 is 0 Å². The lowest BCUT2D eigenvalue weighted by Gasteiger charge is -2.19. The van der Waals surface area contributed by atoms with Crippen LogP contribution in [0.4, 0.5) is 10.5 Å². The van der Waals surface area contributed by atoms with Crippen molar-refractivity contribution in [3.05, 3.63) is 45.6 Å². The van der Waals surface area contributed by atoms with Crippen LogP contribution in [0.3, 0.4) is 0 Å². The van der Waals surface area contributed by atoms with Gasteiger partial charge in [0.1, 0.15) is 5.75 Å². The molecule has 8 heteroatoms. The standard InChI is InChI=1S/C16H18N2O6/c1-2-23-15(19)13-5-3-4-6-14(13)17-16(20)24-12-9-7-11(8-10-12)18(21)22/h7-10H,2-6H2,1H3,(H,17,20). The van der Waals surface area contributed by atoms with Crippen LogP contribution in [0, 0.1) is 10.1 Å². The first-order chi connectivity index (χ1) is 11.5. The van der Waals surface area contributed by atoms with Crippen LogP contribution in [-0.2, 0) is 9.53 Å². The molecule has 0 saturated carbocycles. The Hall–Kier alpha value is -2.90. The van der Waals surface area contributed by atoms with Gasteiger partial charge in [-0.25, -0.2) is 9.59 Å². The van der Waals surface area contributed by atoms with E-state index in [0.29, 0.717) is 24.1 Å². The summed E-state index contributed by atoms with van der Waals surface area (Å²) in [6, 6.07) is 5.15.